The molecule has 1 heterocycles. The SMILES string of the molecule is COC(=O)C(Cc1c[nH]cn1)NC(=O)CN(CC(=O)O)C(C)CCc1ccccc1. The van der Waals surface area contributed by atoms with E-state index in [0.29, 0.717) is 12.1 Å². The molecule has 0 aliphatic rings. The number of nitrogens with zero attached hydrogens (tertiary/aromatic N) is 2. The van der Waals surface area contributed by atoms with E-state index in [1.54, 1.807) is 11.1 Å². The van der Waals surface area contributed by atoms with Gasteiger partial charge in [-0.05, 0) is 25.3 Å². The molecule has 2 aromatic rings. The molecule has 1 aromatic carbocycles. The quantitative estimate of drug-likeness (QED) is 0.441. The van der Waals surface area contributed by atoms with Crippen LogP contribution in [0.5, 0.6) is 0 Å². The van der Waals surface area contributed by atoms with Crippen LogP contribution in [0.15, 0.2) is 42.9 Å². The molecule has 0 saturated carbocycles. The third-order valence-electron chi connectivity index (χ3n) is 4.79. The Morgan fingerprint density at radius 1 is 1.23 bits per heavy atom. The van der Waals surface area contributed by atoms with Crippen LogP contribution in [-0.4, -0.2) is 70.1 Å². The number of hydrogen-bond acceptors (Lipinski definition) is 6. The Bertz CT molecular complexity index is 810. The maximum absolute atomic E-state index is 12.6. The second-order valence-electron chi connectivity index (χ2n) is 7.08. The van der Waals surface area contributed by atoms with Gasteiger partial charge in [0.25, 0.3) is 0 Å². The summed E-state index contributed by atoms with van der Waals surface area (Å²) in [4.78, 5) is 44.4. The smallest absolute Gasteiger partial charge is 0.328 e. The summed E-state index contributed by atoms with van der Waals surface area (Å²) < 4.78 is 4.77. The summed E-state index contributed by atoms with van der Waals surface area (Å²) >= 11 is 0. The van der Waals surface area contributed by atoms with Crippen molar-refractivity contribution in [2.24, 2.45) is 0 Å². The van der Waals surface area contributed by atoms with Crippen LogP contribution >= 0.6 is 0 Å². The van der Waals surface area contributed by atoms with E-state index in [1.165, 1.54) is 13.4 Å². The number of methoxy groups -OCH3 is 1. The van der Waals surface area contributed by atoms with Crippen LogP contribution in [-0.2, 0) is 32.0 Å². The predicted octanol–water partition coefficient (Wildman–Crippen LogP) is 1.02. The zero-order chi connectivity index (χ0) is 21.9. The molecule has 0 saturated heterocycles. The second kappa shape index (κ2) is 11.7. The van der Waals surface area contributed by atoms with E-state index in [0.717, 1.165) is 12.0 Å². The lowest BCUT2D eigenvalue weighted by Crippen LogP contribution is -2.49. The van der Waals surface area contributed by atoms with Crippen LogP contribution in [0.2, 0.25) is 0 Å². The van der Waals surface area contributed by atoms with E-state index in [2.05, 4.69) is 15.3 Å². The highest BCUT2D eigenvalue weighted by molar-refractivity contribution is 5.86. The van der Waals surface area contributed by atoms with Crippen molar-refractivity contribution in [2.45, 2.75) is 38.3 Å². The van der Waals surface area contributed by atoms with Crippen LogP contribution in [0.3, 0.4) is 0 Å². The first kappa shape index (κ1) is 23.1. The van der Waals surface area contributed by atoms with Gasteiger partial charge in [-0.3, -0.25) is 14.5 Å². The lowest BCUT2D eigenvalue weighted by Gasteiger charge is -2.27. The lowest BCUT2D eigenvalue weighted by atomic mass is 10.1. The Hall–Kier alpha value is -3.20. The average Bonchev–Trinajstić information content (AvgIpc) is 3.24. The molecule has 30 heavy (non-hydrogen) atoms. The number of carbonyl (C=O) groups is 3. The molecule has 162 valence electrons. The van der Waals surface area contributed by atoms with Crippen LogP contribution in [0.25, 0.3) is 0 Å². The zero-order valence-electron chi connectivity index (χ0n) is 17.2. The van der Waals surface area contributed by atoms with Crippen molar-refractivity contribution in [1.82, 2.24) is 20.2 Å². The third-order valence-corrected chi connectivity index (χ3v) is 4.79. The molecule has 3 N–H and O–H groups in total. The van der Waals surface area contributed by atoms with Crippen molar-refractivity contribution >= 4 is 17.8 Å². The molecule has 0 aliphatic carbocycles. The number of aliphatic carboxylic acids is 1. The summed E-state index contributed by atoms with van der Waals surface area (Å²) in [6.45, 7) is 1.47. The number of amides is 1. The minimum atomic E-state index is -1.02. The highest BCUT2D eigenvalue weighted by Gasteiger charge is 2.25. The average molecular weight is 416 g/mol. The molecule has 0 bridgehead atoms. The fraction of sp³-hybridized carbons (Fsp3) is 0.429. The number of esters is 1. The maximum Gasteiger partial charge on any atom is 0.328 e. The fourth-order valence-corrected chi connectivity index (χ4v) is 3.12. The number of rotatable bonds is 12. The van der Waals surface area contributed by atoms with Crippen LogP contribution in [0.4, 0.5) is 0 Å². The number of ether oxygens (including phenoxy) is 1. The molecule has 2 atom stereocenters. The monoisotopic (exact) mass is 416 g/mol. The molecule has 9 nitrogen and oxygen atoms in total. The maximum atomic E-state index is 12.6. The summed E-state index contributed by atoms with van der Waals surface area (Å²) in [5.74, 6) is -2.06. The van der Waals surface area contributed by atoms with Crippen LogP contribution < -0.4 is 5.32 Å². The van der Waals surface area contributed by atoms with Gasteiger partial charge in [-0.1, -0.05) is 30.3 Å². The topological polar surface area (TPSA) is 125 Å². The normalized spacial score (nSPS) is 12.9. The largest absolute Gasteiger partial charge is 0.480 e. The number of benzene rings is 1. The summed E-state index contributed by atoms with van der Waals surface area (Å²) in [5.41, 5.74) is 1.75. The van der Waals surface area contributed by atoms with Gasteiger partial charge in [0.2, 0.25) is 5.91 Å². The van der Waals surface area contributed by atoms with E-state index in [9.17, 15) is 19.5 Å². The Morgan fingerprint density at radius 3 is 2.57 bits per heavy atom. The van der Waals surface area contributed by atoms with Gasteiger partial charge >= 0.3 is 11.9 Å². The summed E-state index contributed by atoms with van der Waals surface area (Å²) in [5, 5.41) is 11.9. The first-order valence-corrected chi connectivity index (χ1v) is 9.73. The number of aromatic amines is 1. The molecule has 0 radical (unpaired) electrons. The molecule has 1 amide bonds. The first-order chi connectivity index (χ1) is 14.4. The number of carboxylic acid groups (broad SMARTS) is 1. The van der Waals surface area contributed by atoms with Gasteiger partial charge in [0, 0.05) is 18.7 Å². The van der Waals surface area contributed by atoms with Gasteiger partial charge in [0.15, 0.2) is 0 Å². The van der Waals surface area contributed by atoms with Crippen molar-refractivity contribution in [3.63, 3.8) is 0 Å². The Labute approximate surface area is 175 Å². The van der Waals surface area contributed by atoms with Crippen molar-refractivity contribution in [3.8, 4) is 0 Å². The predicted molar refractivity (Wildman–Crippen MR) is 110 cm³/mol. The number of aromatic nitrogens is 2. The summed E-state index contributed by atoms with van der Waals surface area (Å²) in [6, 6.07) is 8.82. The molecular formula is C21H28N4O5. The minimum absolute atomic E-state index is 0.143. The van der Waals surface area contributed by atoms with Gasteiger partial charge in [-0.15, -0.1) is 0 Å². The minimum Gasteiger partial charge on any atom is -0.480 e. The van der Waals surface area contributed by atoms with E-state index in [1.807, 2.05) is 37.3 Å². The second-order valence-corrected chi connectivity index (χ2v) is 7.08. The van der Waals surface area contributed by atoms with Gasteiger partial charge < -0.3 is 20.1 Å². The number of H-pyrrole nitrogens is 1. The van der Waals surface area contributed by atoms with Crippen molar-refractivity contribution in [3.05, 3.63) is 54.1 Å². The van der Waals surface area contributed by atoms with Crippen molar-refractivity contribution in [2.75, 3.05) is 20.2 Å². The van der Waals surface area contributed by atoms with Gasteiger partial charge in [0.05, 0.1) is 32.2 Å². The lowest BCUT2D eigenvalue weighted by molar-refractivity contribution is -0.146. The number of imidazole rings is 1. The number of carbonyl (C=O) groups excluding carboxylic acids is 2. The van der Waals surface area contributed by atoms with E-state index in [4.69, 9.17) is 4.74 Å². The number of hydrogen-bond donors (Lipinski definition) is 3. The highest BCUT2D eigenvalue weighted by Crippen LogP contribution is 2.10. The third kappa shape index (κ3) is 7.67. The van der Waals surface area contributed by atoms with Crippen molar-refractivity contribution in [1.29, 1.82) is 0 Å². The van der Waals surface area contributed by atoms with E-state index < -0.39 is 23.9 Å². The molecule has 2 unspecified atom stereocenters. The molecular weight excluding hydrogens is 388 g/mol. The van der Waals surface area contributed by atoms with Crippen LogP contribution in [0, 0.1) is 0 Å². The highest BCUT2D eigenvalue weighted by atomic mass is 16.5. The van der Waals surface area contributed by atoms with Gasteiger partial charge in [-0.2, -0.15) is 0 Å². The fourth-order valence-electron chi connectivity index (χ4n) is 3.12. The van der Waals surface area contributed by atoms with Gasteiger partial charge in [0.1, 0.15) is 6.04 Å². The number of nitrogens with one attached hydrogen (secondary N) is 2. The molecule has 0 fully saturated rings. The Balaban J connectivity index is 1.97. The molecule has 1 aromatic heterocycles. The van der Waals surface area contributed by atoms with Crippen LogP contribution in [0.1, 0.15) is 24.6 Å². The summed E-state index contributed by atoms with van der Waals surface area (Å²) in [7, 11) is 1.24. The standard InChI is InChI=1S/C21H28N4O5/c1-15(8-9-16-6-4-3-5-7-16)25(13-20(27)28)12-19(26)24-18(21(29)30-2)10-17-11-22-14-23-17/h3-7,11,14-15,18H,8-10,12-13H2,1-2H3,(H,22,23)(H,24,26)(H,27,28). The molecule has 0 aliphatic heterocycles. The number of carboxylic acids is 1. The Kier molecular flexibility index (Phi) is 9.02. The van der Waals surface area contributed by atoms with E-state index in [-0.39, 0.29) is 25.6 Å². The molecule has 2 rings (SSSR count). The zero-order valence-corrected chi connectivity index (χ0v) is 17.2. The van der Waals surface area contributed by atoms with Gasteiger partial charge in [-0.25, -0.2) is 9.78 Å². The summed E-state index contributed by atoms with van der Waals surface area (Å²) in [6.07, 6.45) is 4.74. The number of aryl methyl sites for hydroxylation is 1. The Morgan fingerprint density at radius 2 is 1.97 bits per heavy atom. The van der Waals surface area contributed by atoms with E-state index >= 15 is 0 Å². The van der Waals surface area contributed by atoms with Crippen molar-refractivity contribution < 1.29 is 24.2 Å². The molecule has 9 heteroatoms. The first-order valence-electron chi connectivity index (χ1n) is 9.73. The molecule has 0 spiro atoms.